The maximum absolute atomic E-state index is 6.13. The van der Waals surface area contributed by atoms with Crippen LogP contribution < -0.4 is 10.5 Å². The molecule has 1 atom stereocenters. The van der Waals surface area contributed by atoms with Crippen LogP contribution in [0, 0.1) is 0 Å². The Morgan fingerprint density at radius 3 is 2.25 bits per heavy atom. The number of nitrogens with two attached hydrogens (primary N) is 1. The van der Waals surface area contributed by atoms with Crippen LogP contribution in [0.15, 0.2) is 24.3 Å². The molecule has 0 saturated heterocycles. The molecular weight excluding hydrogens is 248 g/mol. The van der Waals surface area contributed by atoms with E-state index < -0.39 is 0 Å². The maximum Gasteiger partial charge on any atom is 0.124 e. The highest BCUT2D eigenvalue weighted by Gasteiger charge is 2.14. The topological polar surface area (TPSA) is 38.5 Å². The predicted molar refractivity (Wildman–Crippen MR) is 86.1 cm³/mol. The Balaban J connectivity index is 2.62. The normalized spacial score (nSPS) is 13.2. The first-order valence-corrected chi connectivity index (χ1v) is 7.70. The minimum absolute atomic E-state index is 0.0532. The van der Waals surface area contributed by atoms with Crippen LogP contribution in [0.1, 0.15) is 52.6 Å². The van der Waals surface area contributed by atoms with Gasteiger partial charge in [-0.05, 0) is 40.2 Å². The zero-order valence-corrected chi connectivity index (χ0v) is 13.6. The van der Waals surface area contributed by atoms with Crippen molar-refractivity contribution in [2.75, 3.05) is 13.2 Å². The molecule has 0 spiro atoms. The van der Waals surface area contributed by atoms with E-state index in [0.29, 0.717) is 18.7 Å². The van der Waals surface area contributed by atoms with Crippen LogP contribution in [-0.4, -0.2) is 30.1 Å². The third-order valence-electron chi connectivity index (χ3n) is 3.69. The fourth-order valence-electron chi connectivity index (χ4n) is 2.51. The second kappa shape index (κ2) is 8.28. The zero-order valence-electron chi connectivity index (χ0n) is 13.6. The number of ether oxygens (including phenoxy) is 1. The van der Waals surface area contributed by atoms with Gasteiger partial charge in [-0.1, -0.05) is 25.1 Å². The average molecular weight is 278 g/mol. The molecule has 0 aromatic heterocycles. The smallest absolute Gasteiger partial charge is 0.124 e. The minimum Gasteiger partial charge on any atom is -0.492 e. The summed E-state index contributed by atoms with van der Waals surface area (Å²) >= 11 is 0. The molecule has 1 aromatic rings. The number of para-hydroxylation sites is 1. The van der Waals surface area contributed by atoms with E-state index in [4.69, 9.17) is 10.5 Å². The summed E-state index contributed by atoms with van der Waals surface area (Å²) in [6.07, 6.45) is 0.921. The quantitative estimate of drug-likeness (QED) is 0.789. The van der Waals surface area contributed by atoms with Crippen LogP contribution in [0.4, 0.5) is 0 Å². The first-order chi connectivity index (χ1) is 9.47. The molecule has 1 aromatic carbocycles. The molecule has 0 saturated carbocycles. The van der Waals surface area contributed by atoms with E-state index in [1.165, 1.54) is 0 Å². The molecule has 0 unspecified atom stereocenters. The van der Waals surface area contributed by atoms with Gasteiger partial charge in [0.25, 0.3) is 0 Å². The van der Waals surface area contributed by atoms with Gasteiger partial charge < -0.3 is 10.5 Å². The van der Waals surface area contributed by atoms with Crippen molar-refractivity contribution in [1.82, 2.24) is 4.90 Å². The van der Waals surface area contributed by atoms with Crippen molar-refractivity contribution >= 4 is 0 Å². The average Bonchev–Trinajstić information content (AvgIpc) is 2.42. The summed E-state index contributed by atoms with van der Waals surface area (Å²) in [5.41, 5.74) is 7.24. The van der Waals surface area contributed by atoms with Crippen molar-refractivity contribution < 1.29 is 4.74 Å². The first-order valence-electron chi connectivity index (χ1n) is 7.70. The molecule has 0 fully saturated rings. The molecule has 0 amide bonds. The highest BCUT2D eigenvalue weighted by molar-refractivity contribution is 5.35. The lowest BCUT2D eigenvalue weighted by molar-refractivity contribution is 0.141. The lowest BCUT2D eigenvalue weighted by atomic mass is 10.0. The number of hydrogen-bond donors (Lipinski definition) is 1. The Hall–Kier alpha value is -1.06. The van der Waals surface area contributed by atoms with Crippen molar-refractivity contribution in [1.29, 1.82) is 0 Å². The van der Waals surface area contributed by atoms with E-state index in [1.54, 1.807) is 0 Å². The highest BCUT2D eigenvalue weighted by Crippen LogP contribution is 2.25. The van der Waals surface area contributed by atoms with E-state index in [2.05, 4.69) is 45.6 Å². The zero-order chi connectivity index (χ0) is 15.1. The summed E-state index contributed by atoms with van der Waals surface area (Å²) in [6.45, 7) is 12.6. The summed E-state index contributed by atoms with van der Waals surface area (Å²) in [7, 11) is 0. The van der Waals surface area contributed by atoms with Crippen LogP contribution in [-0.2, 0) is 0 Å². The van der Waals surface area contributed by atoms with E-state index in [9.17, 15) is 0 Å². The van der Waals surface area contributed by atoms with Gasteiger partial charge >= 0.3 is 0 Å². The minimum atomic E-state index is 0.0532. The second-order valence-corrected chi connectivity index (χ2v) is 5.83. The number of hydrogen-bond acceptors (Lipinski definition) is 3. The first kappa shape index (κ1) is 17.0. The molecule has 3 nitrogen and oxygen atoms in total. The van der Waals surface area contributed by atoms with Crippen molar-refractivity contribution in [2.24, 2.45) is 5.73 Å². The Morgan fingerprint density at radius 1 is 1.10 bits per heavy atom. The Bertz CT molecular complexity index is 382. The van der Waals surface area contributed by atoms with Gasteiger partial charge in [-0.25, -0.2) is 0 Å². The fourth-order valence-corrected chi connectivity index (χ4v) is 2.51. The second-order valence-electron chi connectivity index (χ2n) is 5.83. The Kier molecular flexibility index (Phi) is 7.03. The lowest BCUT2D eigenvalue weighted by Crippen LogP contribution is -2.39. The molecule has 3 heteroatoms. The van der Waals surface area contributed by atoms with Gasteiger partial charge in [0.2, 0.25) is 0 Å². The van der Waals surface area contributed by atoms with Gasteiger partial charge in [-0.15, -0.1) is 0 Å². The molecule has 1 rings (SSSR count). The third kappa shape index (κ3) is 4.80. The van der Waals surface area contributed by atoms with Gasteiger partial charge in [0.05, 0.1) is 0 Å². The van der Waals surface area contributed by atoms with Crippen LogP contribution in [0.3, 0.4) is 0 Å². The van der Waals surface area contributed by atoms with Gasteiger partial charge in [-0.3, -0.25) is 4.90 Å². The third-order valence-corrected chi connectivity index (χ3v) is 3.69. The number of benzene rings is 1. The number of nitrogens with zero attached hydrogens (tertiary/aromatic N) is 1. The van der Waals surface area contributed by atoms with E-state index >= 15 is 0 Å². The molecule has 0 aliphatic carbocycles. The molecule has 0 radical (unpaired) electrons. The van der Waals surface area contributed by atoms with Gasteiger partial charge in [0.15, 0.2) is 0 Å². The molecule has 0 aliphatic heterocycles. The summed E-state index contributed by atoms with van der Waals surface area (Å²) < 4.78 is 5.97. The van der Waals surface area contributed by atoms with Gasteiger partial charge in [0.1, 0.15) is 12.4 Å². The van der Waals surface area contributed by atoms with Crippen LogP contribution in [0.2, 0.25) is 0 Å². The van der Waals surface area contributed by atoms with Gasteiger partial charge in [-0.2, -0.15) is 0 Å². The highest BCUT2D eigenvalue weighted by atomic mass is 16.5. The summed E-state index contributed by atoms with van der Waals surface area (Å²) in [5, 5.41) is 0. The van der Waals surface area contributed by atoms with Crippen molar-refractivity contribution in [3.8, 4) is 5.75 Å². The molecule has 0 heterocycles. The molecule has 2 N–H and O–H groups in total. The standard InChI is InChI=1S/C17H30N2O/c1-6-16(18)15-9-7-8-10-17(15)20-12-11-19(13(2)3)14(4)5/h7-10,13-14,16H,6,11-12,18H2,1-5H3/t16-/m1/s1. The van der Waals surface area contributed by atoms with Crippen LogP contribution >= 0.6 is 0 Å². The van der Waals surface area contributed by atoms with E-state index in [0.717, 1.165) is 24.3 Å². The van der Waals surface area contributed by atoms with Crippen molar-refractivity contribution in [3.63, 3.8) is 0 Å². The molecule has 0 aliphatic rings. The number of rotatable bonds is 8. The predicted octanol–water partition coefficient (Wildman–Crippen LogP) is 3.59. The largest absolute Gasteiger partial charge is 0.492 e. The fraction of sp³-hybridized carbons (Fsp3) is 0.647. The SMILES string of the molecule is CC[C@@H](N)c1ccccc1OCCN(C(C)C)C(C)C. The van der Waals surface area contributed by atoms with E-state index in [-0.39, 0.29) is 6.04 Å². The summed E-state index contributed by atoms with van der Waals surface area (Å²) in [5.74, 6) is 0.925. The molecule has 0 bridgehead atoms. The monoisotopic (exact) mass is 278 g/mol. The summed E-state index contributed by atoms with van der Waals surface area (Å²) in [6, 6.07) is 9.22. The van der Waals surface area contributed by atoms with Crippen LogP contribution in [0.5, 0.6) is 5.75 Å². The molecular formula is C17H30N2O. The van der Waals surface area contributed by atoms with Gasteiger partial charge in [0, 0.05) is 30.2 Å². The lowest BCUT2D eigenvalue weighted by Gasteiger charge is -2.30. The van der Waals surface area contributed by atoms with Crippen molar-refractivity contribution in [2.45, 2.75) is 59.2 Å². The van der Waals surface area contributed by atoms with Crippen LogP contribution in [0.25, 0.3) is 0 Å². The maximum atomic E-state index is 6.13. The Labute approximate surface area is 124 Å². The molecule has 20 heavy (non-hydrogen) atoms. The molecule has 114 valence electrons. The van der Waals surface area contributed by atoms with E-state index in [1.807, 2.05) is 18.2 Å². The van der Waals surface area contributed by atoms with Crippen molar-refractivity contribution in [3.05, 3.63) is 29.8 Å². The summed E-state index contributed by atoms with van der Waals surface area (Å²) in [4.78, 5) is 2.43. The Morgan fingerprint density at radius 2 is 1.70 bits per heavy atom.